The molecule has 0 spiro atoms. The molecule has 0 saturated heterocycles. The van der Waals surface area contributed by atoms with Crippen LogP contribution in [0.5, 0.6) is 0 Å². The number of benzene rings is 2. The molecule has 5 aromatic rings. The summed E-state index contributed by atoms with van der Waals surface area (Å²) in [5.41, 5.74) is 3.29. The molecular weight excluding hydrogens is 460 g/mol. The van der Waals surface area contributed by atoms with E-state index < -0.39 is 5.41 Å². The van der Waals surface area contributed by atoms with E-state index >= 15 is 0 Å². The van der Waals surface area contributed by atoms with Crippen molar-refractivity contribution in [1.82, 2.24) is 24.3 Å². The molecule has 3 heterocycles. The molecule has 1 fully saturated rings. The number of rotatable bonds is 8. The molecule has 2 atom stereocenters. The van der Waals surface area contributed by atoms with Gasteiger partial charge in [0, 0.05) is 49.2 Å². The van der Waals surface area contributed by atoms with Crippen LogP contribution in [0.3, 0.4) is 0 Å². The zero-order chi connectivity index (χ0) is 25.4. The van der Waals surface area contributed by atoms with Crippen LogP contribution in [0.1, 0.15) is 25.8 Å². The first-order valence-corrected chi connectivity index (χ1v) is 12.9. The number of carbonyl (C=O) groups is 1. The minimum atomic E-state index is -0.488. The summed E-state index contributed by atoms with van der Waals surface area (Å²) in [5, 5.41) is 4.57. The first-order valence-electron chi connectivity index (χ1n) is 12.9. The van der Waals surface area contributed by atoms with Gasteiger partial charge in [-0.2, -0.15) is 0 Å². The van der Waals surface area contributed by atoms with Crippen molar-refractivity contribution in [1.29, 1.82) is 0 Å². The van der Waals surface area contributed by atoms with E-state index in [-0.39, 0.29) is 11.8 Å². The topological polar surface area (TPSA) is 75.4 Å². The van der Waals surface area contributed by atoms with Crippen LogP contribution in [0.15, 0.2) is 85.3 Å². The minimum Gasteiger partial charge on any atom is -0.369 e. The Morgan fingerprint density at radius 3 is 2.62 bits per heavy atom. The number of aromatic nitrogens is 4. The fourth-order valence-electron chi connectivity index (χ4n) is 5.46. The molecule has 3 aromatic heterocycles. The van der Waals surface area contributed by atoms with Crippen molar-refractivity contribution in [3.8, 4) is 11.4 Å². The van der Waals surface area contributed by atoms with E-state index in [1.165, 1.54) is 0 Å². The van der Waals surface area contributed by atoms with Crippen LogP contribution in [-0.4, -0.2) is 49.8 Å². The van der Waals surface area contributed by atoms with Crippen molar-refractivity contribution >= 4 is 28.3 Å². The summed E-state index contributed by atoms with van der Waals surface area (Å²) in [5.74, 6) is 1.84. The largest absolute Gasteiger partial charge is 0.369 e. The second-order valence-corrected chi connectivity index (χ2v) is 9.62. The van der Waals surface area contributed by atoms with E-state index in [1.54, 1.807) is 6.20 Å². The van der Waals surface area contributed by atoms with Crippen molar-refractivity contribution in [3.05, 3.63) is 90.9 Å². The second-order valence-electron chi connectivity index (χ2n) is 9.62. The van der Waals surface area contributed by atoms with Gasteiger partial charge < -0.3 is 14.6 Å². The summed E-state index contributed by atoms with van der Waals surface area (Å²) in [6.07, 6.45) is 6.52. The van der Waals surface area contributed by atoms with Crippen LogP contribution >= 0.6 is 0 Å². The molecule has 0 unspecified atom stereocenters. The van der Waals surface area contributed by atoms with Crippen LogP contribution in [0.25, 0.3) is 27.9 Å². The first-order chi connectivity index (χ1) is 18.1. The van der Waals surface area contributed by atoms with E-state index in [4.69, 9.17) is 9.97 Å². The lowest BCUT2D eigenvalue weighted by molar-refractivity contribution is -0.134. The highest BCUT2D eigenvalue weighted by Crippen LogP contribution is 2.55. The fourth-order valence-corrected chi connectivity index (χ4v) is 5.46. The maximum absolute atomic E-state index is 13.7. The molecule has 1 aliphatic rings. The molecule has 0 radical (unpaired) electrons. The van der Waals surface area contributed by atoms with Crippen molar-refractivity contribution in [2.24, 2.45) is 5.92 Å². The Morgan fingerprint density at radius 1 is 1.03 bits per heavy atom. The van der Waals surface area contributed by atoms with E-state index in [9.17, 15) is 4.79 Å². The van der Waals surface area contributed by atoms with Gasteiger partial charge >= 0.3 is 0 Å². The third kappa shape index (κ3) is 4.00. The molecule has 0 bridgehead atoms. The van der Waals surface area contributed by atoms with Gasteiger partial charge in [0.2, 0.25) is 5.91 Å². The molecule has 7 heteroatoms. The highest BCUT2D eigenvalue weighted by atomic mass is 16.2. The highest BCUT2D eigenvalue weighted by molar-refractivity contribution is 5.93. The molecule has 1 amide bonds. The molecule has 0 aliphatic heterocycles. The predicted molar refractivity (Wildman–Crippen MR) is 146 cm³/mol. The number of amides is 1. The third-order valence-electron chi connectivity index (χ3n) is 7.59. The quantitative estimate of drug-likeness (QED) is 0.324. The standard InChI is InChI=1S/C30H30N6O/c1-3-35(4-2)29(37)30(22-10-6-5-7-11-22)18-23(30)19-32-28-24-12-8-9-13-25(24)33-27(34-28)21-14-15-26-31-16-17-36(26)20-21/h5-17,20,23H,3-4,18-19H2,1-2H3,(H,32,33,34)/t23-,30+/m1/s1. The number of fused-ring (bicyclic) bond motifs is 2. The number of hydrogen-bond acceptors (Lipinski definition) is 5. The predicted octanol–water partition coefficient (Wildman–Crippen LogP) is 5.18. The van der Waals surface area contributed by atoms with Gasteiger partial charge in [0.25, 0.3) is 0 Å². The number of nitrogens with one attached hydrogen (secondary N) is 1. The number of imidazole rings is 1. The number of carbonyl (C=O) groups excluding carboxylic acids is 1. The van der Waals surface area contributed by atoms with Gasteiger partial charge in [-0.25, -0.2) is 15.0 Å². The Hall–Kier alpha value is -4.26. The Kier molecular flexibility index (Phi) is 5.83. The maximum Gasteiger partial charge on any atom is 0.233 e. The summed E-state index contributed by atoms with van der Waals surface area (Å²) >= 11 is 0. The molecule has 186 valence electrons. The molecule has 1 N–H and O–H groups in total. The van der Waals surface area contributed by atoms with Crippen LogP contribution in [0, 0.1) is 5.92 Å². The number of nitrogens with zero attached hydrogens (tertiary/aromatic N) is 5. The second kappa shape index (κ2) is 9.32. The molecule has 1 saturated carbocycles. The Morgan fingerprint density at radius 2 is 1.81 bits per heavy atom. The van der Waals surface area contributed by atoms with Crippen LogP contribution in [0.4, 0.5) is 5.82 Å². The number of anilines is 1. The Balaban J connectivity index is 1.33. The normalized spacial score (nSPS) is 18.7. The number of pyridine rings is 1. The van der Waals surface area contributed by atoms with Gasteiger partial charge in [0.15, 0.2) is 5.82 Å². The zero-order valence-electron chi connectivity index (χ0n) is 21.1. The smallest absolute Gasteiger partial charge is 0.233 e. The molecular formula is C30H30N6O. The van der Waals surface area contributed by atoms with Crippen molar-refractivity contribution in [2.75, 3.05) is 25.0 Å². The van der Waals surface area contributed by atoms with Crippen molar-refractivity contribution in [3.63, 3.8) is 0 Å². The average molecular weight is 491 g/mol. The van der Waals surface area contributed by atoms with Gasteiger partial charge in [-0.3, -0.25) is 4.79 Å². The highest BCUT2D eigenvalue weighted by Gasteiger charge is 2.61. The summed E-state index contributed by atoms with van der Waals surface area (Å²) in [4.78, 5) is 29.8. The van der Waals surface area contributed by atoms with Crippen LogP contribution in [-0.2, 0) is 10.2 Å². The number of hydrogen-bond donors (Lipinski definition) is 1. The lowest BCUT2D eigenvalue weighted by Crippen LogP contribution is -2.40. The monoisotopic (exact) mass is 490 g/mol. The molecule has 7 nitrogen and oxygen atoms in total. The summed E-state index contributed by atoms with van der Waals surface area (Å²) < 4.78 is 1.97. The summed E-state index contributed by atoms with van der Waals surface area (Å²) in [6.45, 7) is 6.18. The third-order valence-corrected chi connectivity index (χ3v) is 7.59. The first kappa shape index (κ1) is 23.2. The molecule has 1 aliphatic carbocycles. The fraction of sp³-hybridized carbons (Fsp3) is 0.267. The van der Waals surface area contributed by atoms with Crippen molar-refractivity contribution in [2.45, 2.75) is 25.7 Å². The van der Waals surface area contributed by atoms with E-state index in [0.717, 1.165) is 39.9 Å². The molecule has 2 aromatic carbocycles. The van der Waals surface area contributed by atoms with Crippen LogP contribution < -0.4 is 5.32 Å². The molecule has 6 rings (SSSR count). The summed E-state index contributed by atoms with van der Waals surface area (Å²) in [6, 6.07) is 22.2. The SMILES string of the molecule is CCN(CC)C(=O)[C@]1(c2ccccc2)C[C@@H]1CNc1nc(-c2ccc3nccn3c2)nc2ccccc12. The minimum absolute atomic E-state index is 0.183. The summed E-state index contributed by atoms with van der Waals surface area (Å²) in [7, 11) is 0. The average Bonchev–Trinajstić information content (AvgIpc) is 3.50. The Bertz CT molecular complexity index is 1580. The van der Waals surface area contributed by atoms with E-state index in [1.807, 2.05) is 90.1 Å². The van der Waals surface area contributed by atoms with Crippen molar-refractivity contribution < 1.29 is 4.79 Å². The zero-order valence-corrected chi connectivity index (χ0v) is 21.1. The van der Waals surface area contributed by atoms with Gasteiger partial charge in [-0.1, -0.05) is 42.5 Å². The Labute approximate surface area is 216 Å². The van der Waals surface area contributed by atoms with E-state index in [0.29, 0.717) is 25.5 Å². The lowest BCUT2D eigenvalue weighted by atomic mass is 9.91. The van der Waals surface area contributed by atoms with Crippen LogP contribution in [0.2, 0.25) is 0 Å². The van der Waals surface area contributed by atoms with Gasteiger partial charge in [0.05, 0.1) is 10.9 Å². The number of likely N-dealkylation sites (N-methyl/N-ethyl adjacent to an activating group) is 1. The lowest BCUT2D eigenvalue weighted by Gasteiger charge is -2.26. The van der Waals surface area contributed by atoms with Gasteiger partial charge in [-0.15, -0.1) is 0 Å². The van der Waals surface area contributed by atoms with E-state index in [2.05, 4.69) is 22.4 Å². The van der Waals surface area contributed by atoms with Gasteiger partial charge in [-0.05, 0) is 56.0 Å². The van der Waals surface area contributed by atoms with Gasteiger partial charge in [0.1, 0.15) is 11.5 Å². The molecule has 37 heavy (non-hydrogen) atoms. The number of para-hydroxylation sites is 1. The maximum atomic E-state index is 13.7.